The van der Waals surface area contributed by atoms with E-state index in [1.54, 1.807) is 0 Å². The average Bonchev–Trinajstić information content (AvgIpc) is 3.33. The van der Waals surface area contributed by atoms with Crippen molar-refractivity contribution in [3.8, 4) is 0 Å². The number of carbonyl (C=O) groups excluding carboxylic acids is 2. The van der Waals surface area contributed by atoms with Crippen LogP contribution in [-0.4, -0.2) is 11.8 Å². The Hall–Kier alpha value is -2.21. The molecule has 3 aliphatic rings. The summed E-state index contributed by atoms with van der Waals surface area (Å²) in [6.07, 6.45) is 4.27. The summed E-state index contributed by atoms with van der Waals surface area (Å²) in [6, 6.07) is 17.8. The quantitative estimate of drug-likeness (QED) is 0.365. The summed E-state index contributed by atoms with van der Waals surface area (Å²) in [5.74, 6) is -0.575. The zero-order chi connectivity index (χ0) is 18.7. The van der Waals surface area contributed by atoms with Gasteiger partial charge in [0.1, 0.15) is 0 Å². The maximum absolute atomic E-state index is 13.3. The summed E-state index contributed by atoms with van der Waals surface area (Å²) in [4.78, 5) is 28.0. The summed E-state index contributed by atoms with van der Waals surface area (Å²) in [5.41, 5.74) is 4.33. The first kappa shape index (κ1) is 16.9. The summed E-state index contributed by atoms with van der Waals surface area (Å²) in [6.45, 7) is 2.12. The van der Waals surface area contributed by atoms with Gasteiger partial charge in [0, 0.05) is 15.4 Å². The molecule has 4 atom stereocenters. The SMILES string of the molecule is CC(=C1[C@H]2C=C[C@H]1[C@H]1C(=O)N(c3ccccc3I)C(=O)[C@H]12)c1ccccc1. The van der Waals surface area contributed by atoms with E-state index in [2.05, 4.69) is 53.8 Å². The number of para-hydroxylation sites is 1. The van der Waals surface area contributed by atoms with Gasteiger partial charge >= 0.3 is 0 Å². The van der Waals surface area contributed by atoms with Crippen LogP contribution in [-0.2, 0) is 9.59 Å². The van der Waals surface area contributed by atoms with Gasteiger partial charge in [0.15, 0.2) is 0 Å². The number of halogens is 1. The molecule has 0 unspecified atom stereocenters. The van der Waals surface area contributed by atoms with E-state index in [9.17, 15) is 9.59 Å². The van der Waals surface area contributed by atoms with Crippen LogP contribution in [0.1, 0.15) is 12.5 Å². The molecule has 27 heavy (non-hydrogen) atoms. The largest absolute Gasteiger partial charge is 0.274 e. The van der Waals surface area contributed by atoms with Crippen molar-refractivity contribution in [1.29, 1.82) is 0 Å². The number of hydrogen-bond donors (Lipinski definition) is 0. The van der Waals surface area contributed by atoms with Crippen LogP contribution in [0.4, 0.5) is 5.69 Å². The van der Waals surface area contributed by atoms with E-state index in [1.165, 1.54) is 21.6 Å². The minimum atomic E-state index is -0.267. The van der Waals surface area contributed by atoms with E-state index in [0.717, 1.165) is 3.57 Å². The van der Waals surface area contributed by atoms with Crippen LogP contribution in [0.15, 0.2) is 72.3 Å². The molecule has 2 aromatic carbocycles. The van der Waals surface area contributed by atoms with Crippen molar-refractivity contribution >= 4 is 45.7 Å². The Labute approximate surface area is 171 Å². The molecule has 2 aliphatic carbocycles. The number of nitrogens with zero attached hydrogens (tertiary/aromatic N) is 1. The molecule has 3 nitrogen and oxygen atoms in total. The number of imide groups is 1. The van der Waals surface area contributed by atoms with Crippen LogP contribution in [0, 0.1) is 27.2 Å². The van der Waals surface area contributed by atoms with Gasteiger partial charge in [0.2, 0.25) is 11.8 Å². The van der Waals surface area contributed by atoms with Crippen LogP contribution in [0.5, 0.6) is 0 Å². The highest BCUT2D eigenvalue weighted by Gasteiger charge is 2.62. The van der Waals surface area contributed by atoms with Crippen LogP contribution < -0.4 is 4.90 Å². The standard InChI is InChI=1S/C23H18INO2/c1-13(14-7-3-2-4-8-14)19-15-11-12-16(19)21-20(15)22(26)25(23(21)27)18-10-6-5-9-17(18)24/h2-12,15-16,20-21H,1H3/t15-,16-,20-,21+/m1/s1. The second-order valence-electron chi connectivity index (χ2n) is 7.40. The van der Waals surface area contributed by atoms with Crippen LogP contribution >= 0.6 is 22.6 Å². The average molecular weight is 467 g/mol. The number of carbonyl (C=O) groups is 2. The van der Waals surface area contributed by atoms with E-state index in [0.29, 0.717) is 5.69 Å². The maximum atomic E-state index is 13.3. The summed E-state index contributed by atoms with van der Waals surface area (Å²) < 4.78 is 0.924. The highest BCUT2D eigenvalue weighted by atomic mass is 127. The number of rotatable bonds is 2. The molecular weight excluding hydrogens is 449 g/mol. The minimum absolute atomic E-state index is 0.0306. The Balaban J connectivity index is 1.58. The minimum Gasteiger partial charge on any atom is -0.274 e. The number of fused-ring (bicyclic) bond motifs is 5. The van der Waals surface area contributed by atoms with Crippen LogP contribution in [0.2, 0.25) is 0 Å². The second-order valence-corrected chi connectivity index (χ2v) is 8.56. The number of anilines is 1. The van der Waals surface area contributed by atoms with Crippen LogP contribution in [0.3, 0.4) is 0 Å². The normalized spacial score (nSPS) is 30.2. The van der Waals surface area contributed by atoms with Gasteiger partial charge in [0.05, 0.1) is 17.5 Å². The fraction of sp³-hybridized carbons (Fsp3) is 0.217. The predicted octanol–water partition coefficient (Wildman–Crippen LogP) is 4.69. The molecular formula is C23H18INO2. The molecule has 1 saturated heterocycles. The molecule has 1 aliphatic heterocycles. The Morgan fingerprint density at radius 2 is 1.41 bits per heavy atom. The Morgan fingerprint density at radius 1 is 0.852 bits per heavy atom. The molecule has 4 heteroatoms. The van der Waals surface area contributed by atoms with Gasteiger partial charge < -0.3 is 0 Å². The molecule has 2 bridgehead atoms. The van der Waals surface area contributed by atoms with Gasteiger partial charge in [-0.15, -0.1) is 0 Å². The van der Waals surface area contributed by atoms with Gasteiger partial charge in [-0.2, -0.15) is 0 Å². The predicted molar refractivity (Wildman–Crippen MR) is 114 cm³/mol. The number of amides is 2. The zero-order valence-corrected chi connectivity index (χ0v) is 17.0. The van der Waals surface area contributed by atoms with Crippen molar-refractivity contribution in [2.75, 3.05) is 4.90 Å². The smallest absolute Gasteiger partial charge is 0.238 e. The molecule has 1 saturated carbocycles. The van der Waals surface area contributed by atoms with Crippen molar-refractivity contribution in [2.45, 2.75) is 6.92 Å². The molecule has 0 radical (unpaired) electrons. The lowest BCUT2D eigenvalue weighted by atomic mass is 9.85. The van der Waals surface area contributed by atoms with E-state index in [-0.39, 0.29) is 35.5 Å². The first-order chi connectivity index (χ1) is 13.1. The molecule has 5 rings (SSSR count). The van der Waals surface area contributed by atoms with Gasteiger partial charge in [-0.25, -0.2) is 4.90 Å². The lowest BCUT2D eigenvalue weighted by Crippen LogP contribution is -2.33. The zero-order valence-electron chi connectivity index (χ0n) is 14.8. The van der Waals surface area contributed by atoms with Gasteiger partial charge in [-0.05, 0) is 52.8 Å². The van der Waals surface area contributed by atoms with Crippen molar-refractivity contribution in [2.24, 2.45) is 23.7 Å². The van der Waals surface area contributed by atoms with Crippen molar-refractivity contribution < 1.29 is 9.59 Å². The van der Waals surface area contributed by atoms with E-state index in [1.807, 2.05) is 42.5 Å². The van der Waals surface area contributed by atoms with E-state index < -0.39 is 0 Å². The van der Waals surface area contributed by atoms with Gasteiger partial charge in [0.25, 0.3) is 0 Å². The van der Waals surface area contributed by atoms with Crippen molar-refractivity contribution in [1.82, 2.24) is 0 Å². The second kappa shape index (κ2) is 6.16. The van der Waals surface area contributed by atoms with E-state index in [4.69, 9.17) is 0 Å². The Bertz CT molecular complexity index is 990. The van der Waals surface area contributed by atoms with Crippen molar-refractivity contribution in [3.05, 3.63) is 81.5 Å². The molecule has 0 aromatic heterocycles. The summed E-state index contributed by atoms with van der Waals surface area (Å²) in [7, 11) is 0. The highest BCUT2D eigenvalue weighted by Crippen LogP contribution is 2.58. The third-order valence-electron chi connectivity index (χ3n) is 6.15. The lowest BCUT2D eigenvalue weighted by molar-refractivity contribution is -0.122. The third kappa shape index (κ3) is 2.32. The summed E-state index contributed by atoms with van der Waals surface area (Å²) in [5, 5.41) is 0. The first-order valence-corrected chi connectivity index (χ1v) is 10.2. The fourth-order valence-electron chi connectivity index (χ4n) is 4.99. The van der Waals surface area contributed by atoms with Crippen LogP contribution in [0.25, 0.3) is 5.57 Å². The Morgan fingerprint density at radius 3 is 2.00 bits per heavy atom. The molecule has 134 valence electrons. The third-order valence-corrected chi connectivity index (χ3v) is 7.06. The first-order valence-electron chi connectivity index (χ1n) is 9.16. The monoisotopic (exact) mass is 467 g/mol. The van der Waals surface area contributed by atoms with Gasteiger partial charge in [-0.3, -0.25) is 9.59 Å². The lowest BCUT2D eigenvalue weighted by Gasteiger charge is -2.21. The highest BCUT2D eigenvalue weighted by molar-refractivity contribution is 14.1. The summed E-state index contributed by atoms with van der Waals surface area (Å²) >= 11 is 2.19. The molecule has 2 aromatic rings. The molecule has 2 amide bonds. The van der Waals surface area contributed by atoms with Gasteiger partial charge in [-0.1, -0.05) is 60.2 Å². The molecule has 0 spiro atoms. The van der Waals surface area contributed by atoms with E-state index >= 15 is 0 Å². The maximum Gasteiger partial charge on any atom is 0.238 e. The van der Waals surface area contributed by atoms with Crippen molar-refractivity contribution in [3.63, 3.8) is 0 Å². The molecule has 1 heterocycles. The topological polar surface area (TPSA) is 37.4 Å². The Kier molecular flexibility index (Phi) is 3.86. The molecule has 2 fully saturated rings. The number of allylic oxidation sites excluding steroid dienone is 4. The number of hydrogen-bond acceptors (Lipinski definition) is 2. The fourth-order valence-corrected chi connectivity index (χ4v) is 5.62. The molecule has 0 N–H and O–H groups in total. The number of benzene rings is 2.